The maximum Gasteiger partial charge on any atom is 0.243 e. The zero-order valence-corrected chi connectivity index (χ0v) is 15.7. The average molecular weight is 380 g/mol. The standard InChI is InChI=1S/C17H21N3O3S2/c1-17(2)12(9-18)8-13(25(17,22)23)15(21)20-14-10-19-16(24-14)11-6-4-3-5-7-11/h3-7,10,12-13H,8-9,18H2,1-2H3,(H,20,21). The summed E-state index contributed by atoms with van der Waals surface area (Å²) < 4.78 is 24.4. The monoisotopic (exact) mass is 379 g/mol. The Morgan fingerprint density at radius 2 is 2.04 bits per heavy atom. The molecule has 1 aliphatic rings. The Bertz CT molecular complexity index is 876. The molecule has 1 amide bonds. The second-order valence-electron chi connectivity index (χ2n) is 6.69. The predicted octanol–water partition coefficient (Wildman–Crippen LogP) is 2.29. The lowest BCUT2D eigenvalue weighted by Crippen LogP contribution is -2.40. The zero-order valence-electron chi connectivity index (χ0n) is 14.1. The largest absolute Gasteiger partial charge is 0.330 e. The van der Waals surface area contributed by atoms with Crippen molar-refractivity contribution in [2.24, 2.45) is 11.7 Å². The van der Waals surface area contributed by atoms with Gasteiger partial charge in [-0.3, -0.25) is 4.79 Å². The molecule has 25 heavy (non-hydrogen) atoms. The van der Waals surface area contributed by atoms with Crippen molar-refractivity contribution in [3.8, 4) is 10.6 Å². The Labute approximate surface area is 151 Å². The summed E-state index contributed by atoms with van der Waals surface area (Å²) in [5.41, 5.74) is 6.66. The van der Waals surface area contributed by atoms with Gasteiger partial charge in [-0.1, -0.05) is 41.7 Å². The molecule has 1 aromatic heterocycles. The molecule has 2 aromatic rings. The maximum absolute atomic E-state index is 12.7. The summed E-state index contributed by atoms with van der Waals surface area (Å²) in [6, 6.07) is 9.60. The van der Waals surface area contributed by atoms with E-state index in [1.807, 2.05) is 30.3 Å². The highest BCUT2D eigenvalue weighted by Crippen LogP contribution is 2.42. The molecule has 1 fully saturated rings. The molecule has 0 saturated carbocycles. The number of hydrogen-bond donors (Lipinski definition) is 2. The summed E-state index contributed by atoms with van der Waals surface area (Å²) in [7, 11) is -3.60. The minimum Gasteiger partial charge on any atom is -0.330 e. The first kappa shape index (κ1) is 18.0. The highest BCUT2D eigenvalue weighted by Gasteiger charge is 2.55. The van der Waals surface area contributed by atoms with Gasteiger partial charge in [0.25, 0.3) is 0 Å². The van der Waals surface area contributed by atoms with Gasteiger partial charge in [-0.2, -0.15) is 0 Å². The van der Waals surface area contributed by atoms with Crippen LogP contribution >= 0.6 is 11.3 Å². The van der Waals surface area contributed by atoms with Gasteiger partial charge in [-0.05, 0) is 32.7 Å². The van der Waals surface area contributed by atoms with Gasteiger partial charge < -0.3 is 11.1 Å². The fourth-order valence-electron chi connectivity index (χ4n) is 3.14. The number of hydrogen-bond acceptors (Lipinski definition) is 6. The molecule has 1 saturated heterocycles. The molecule has 3 rings (SSSR count). The zero-order chi connectivity index (χ0) is 18.2. The summed E-state index contributed by atoms with van der Waals surface area (Å²) in [6.45, 7) is 3.54. The fourth-order valence-corrected chi connectivity index (χ4v) is 6.19. The molecule has 2 heterocycles. The minimum atomic E-state index is -3.60. The maximum atomic E-state index is 12.7. The highest BCUT2D eigenvalue weighted by atomic mass is 32.2. The third-order valence-electron chi connectivity index (χ3n) is 4.94. The predicted molar refractivity (Wildman–Crippen MR) is 100 cm³/mol. The molecule has 1 aliphatic heterocycles. The second kappa shape index (κ2) is 6.51. The molecule has 0 spiro atoms. The van der Waals surface area contributed by atoms with E-state index in [0.717, 1.165) is 10.6 Å². The van der Waals surface area contributed by atoms with Gasteiger partial charge in [0.15, 0.2) is 9.84 Å². The molecule has 0 aliphatic carbocycles. The lowest BCUT2D eigenvalue weighted by molar-refractivity contribution is -0.115. The van der Waals surface area contributed by atoms with Crippen LogP contribution in [0.3, 0.4) is 0 Å². The van der Waals surface area contributed by atoms with Crippen molar-refractivity contribution in [3.63, 3.8) is 0 Å². The van der Waals surface area contributed by atoms with E-state index in [1.165, 1.54) is 11.3 Å². The smallest absolute Gasteiger partial charge is 0.243 e. The van der Waals surface area contributed by atoms with E-state index >= 15 is 0 Å². The Hall–Kier alpha value is -1.77. The van der Waals surface area contributed by atoms with E-state index in [2.05, 4.69) is 10.3 Å². The van der Waals surface area contributed by atoms with Crippen molar-refractivity contribution in [1.82, 2.24) is 4.98 Å². The molecule has 6 nitrogen and oxygen atoms in total. The number of sulfone groups is 1. The normalized spacial score (nSPS) is 24.1. The summed E-state index contributed by atoms with van der Waals surface area (Å²) in [4.78, 5) is 16.9. The number of rotatable bonds is 4. The number of nitrogens with zero attached hydrogens (tertiary/aromatic N) is 1. The summed E-state index contributed by atoms with van der Waals surface area (Å²) in [5, 5.41) is 2.94. The number of anilines is 1. The van der Waals surface area contributed by atoms with Crippen LogP contribution in [0.15, 0.2) is 36.5 Å². The van der Waals surface area contributed by atoms with E-state index in [0.29, 0.717) is 5.00 Å². The third kappa shape index (κ3) is 3.09. The molecule has 2 atom stereocenters. The Balaban J connectivity index is 1.79. The topological polar surface area (TPSA) is 102 Å². The van der Waals surface area contributed by atoms with E-state index in [4.69, 9.17) is 5.73 Å². The third-order valence-corrected chi connectivity index (χ3v) is 8.86. The first-order valence-corrected chi connectivity index (χ1v) is 10.4. The first-order valence-electron chi connectivity index (χ1n) is 8.03. The van der Waals surface area contributed by atoms with Crippen LogP contribution in [-0.2, 0) is 14.6 Å². The van der Waals surface area contributed by atoms with Crippen LogP contribution < -0.4 is 11.1 Å². The van der Waals surface area contributed by atoms with E-state index in [-0.39, 0.29) is 18.9 Å². The molecular formula is C17H21N3O3S2. The fraction of sp³-hybridized carbons (Fsp3) is 0.412. The van der Waals surface area contributed by atoms with E-state index in [9.17, 15) is 13.2 Å². The number of carbonyl (C=O) groups excluding carboxylic acids is 1. The summed E-state index contributed by atoms with van der Waals surface area (Å²) in [5.74, 6) is -0.734. The molecule has 3 N–H and O–H groups in total. The number of nitrogens with one attached hydrogen (secondary N) is 1. The van der Waals surface area contributed by atoms with Crippen molar-refractivity contribution in [3.05, 3.63) is 36.5 Å². The van der Waals surface area contributed by atoms with Gasteiger partial charge in [0.1, 0.15) is 15.3 Å². The lowest BCUT2D eigenvalue weighted by atomic mass is 9.91. The van der Waals surface area contributed by atoms with Gasteiger partial charge >= 0.3 is 0 Å². The SMILES string of the molecule is CC1(C)C(CN)CC(C(=O)Nc2cnc(-c3ccccc3)s2)S1(=O)=O. The van der Waals surface area contributed by atoms with Crippen molar-refractivity contribution in [2.45, 2.75) is 30.3 Å². The first-order chi connectivity index (χ1) is 11.8. The van der Waals surface area contributed by atoms with Crippen LogP contribution in [0.5, 0.6) is 0 Å². The van der Waals surface area contributed by atoms with Gasteiger partial charge in [0, 0.05) is 5.56 Å². The molecule has 134 valence electrons. The van der Waals surface area contributed by atoms with Crippen LogP contribution in [0.1, 0.15) is 20.3 Å². The number of nitrogens with two attached hydrogens (primary N) is 1. The van der Waals surface area contributed by atoms with Crippen LogP contribution in [0.4, 0.5) is 5.00 Å². The van der Waals surface area contributed by atoms with Crippen molar-refractivity contribution in [1.29, 1.82) is 0 Å². The van der Waals surface area contributed by atoms with Gasteiger partial charge in [-0.15, -0.1) is 0 Å². The Morgan fingerprint density at radius 1 is 1.36 bits per heavy atom. The lowest BCUT2D eigenvalue weighted by Gasteiger charge is -2.24. The molecule has 0 radical (unpaired) electrons. The number of thiazole rings is 1. The number of aromatic nitrogens is 1. The molecular weight excluding hydrogens is 358 g/mol. The van der Waals surface area contributed by atoms with Crippen molar-refractivity contribution in [2.75, 3.05) is 11.9 Å². The van der Waals surface area contributed by atoms with Crippen LogP contribution in [0.2, 0.25) is 0 Å². The average Bonchev–Trinajstić information content (AvgIpc) is 3.10. The van der Waals surface area contributed by atoms with Gasteiger partial charge in [0.05, 0.1) is 10.9 Å². The van der Waals surface area contributed by atoms with E-state index in [1.54, 1.807) is 20.0 Å². The van der Waals surface area contributed by atoms with Crippen LogP contribution in [0.25, 0.3) is 10.6 Å². The van der Waals surface area contributed by atoms with Crippen molar-refractivity contribution < 1.29 is 13.2 Å². The highest BCUT2D eigenvalue weighted by molar-refractivity contribution is 7.94. The van der Waals surface area contributed by atoms with Gasteiger partial charge in [0.2, 0.25) is 5.91 Å². The van der Waals surface area contributed by atoms with Gasteiger partial charge in [-0.25, -0.2) is 13.4 Å². The molecule has 8 heteroatoms. The number of carbonyl (C=O) groups is 1. The van der Waals surface area contributed by atoms with Crippen molar-refractivity contribution >= 4 is 32.1 Å². The Morgan fingerprint density at radius 3 is 2.64 bits per heavy atom. The van der Waals surface area contributed by atoms with Crippen LogP contribution in [-0.4, -0.2) is 35.9 Å². The van der Waals surface area contributed by atoms with Crippen LogP contribution in [0, 0.1) is 5.92 Å². The Kier molecular flexibility index (Phi) is 4.70. The number of benzene rings is 1. The number of amides is 1. The minimum absolute atomic E-state index is 0.227. The molecule has 0 bridgehead atoms. The van der Waals surface area contributed by atoms with E-state index < -0.39 is 25.7 Å². The molecule has 2 unspecified atom stereocenters. The summed E-state index contributed by atoms with van der Waals surface area (Å²) in [6.07, 6.45) is 1.81. The molecule has 1 aromatic carbocycles. The second-order valence-corrected chi connectivity index (χ2v) is 10.4. The summed E-state index contributed by atoms with van der Waals surface area (Å²) >= 11 is 1.32. The quantitative estimate of drug-likeness (QED) is 0.848.